The highest BCUT2D eigenvalue weighted by atomic mass is 32.1. The summed E-state index contributed by atoms with van der Waals surface area (Å²) in [5, 5.41) is 16.3. The average Bonchev–Trinajstić information content (AvgIpc) is 3.51. The fourth-order valence-electron chi connectivity index (χ4n) is 5.65. The lowest BCUT2D eigenvalue weighted by Crippen LogP contribution is -2.57. The van der Waals surface area contributed by atoms with Crippen molar-refractivity contribution in [2.45, 2.75) is 97.4 Å². The molecule has 1 saturated heterocycles. The van der Waals surface area contributed by atoms with Crippen molar-refractivity contribution in [2.75, 3.05) is 6.54 Å². The van der Waals surface area contributed by atoms with Crippen LogP contribution in [-0.4, -0.2) is 57.4 Å². The van der Waals surface area contributed by atoms with Gasteiger partial charge in [-0.05, 0) is 42.2 Å². The normalized spacial score (nSPS) is 21.0. The molecule has 0 bridgehead atoms. The van der Waals surface area contributed by atoms with Crippen molar-refractivity contribution < 1.29 is 19.5 Å². The first-order chi connectivity index (χ1) is 18.5. The summed E-state index contributed by atoms with van der Waals surface area (Å²) in [6.07, 6.45) is 5.44. The summed E-state index contributed by atoms with van der Waals surface area (Å²) < 4.78 is 0. The molecule has 1 aromatic carbocycles. The van der Waals surface area contributed by atoms with Crippen molar-refractivity contribution >= 4 is 29.1 Å². The predicted octanol–water partition coefficient (Wildman–Crippen LogP) is 4.20. The summed E-state index contributed by atoms with van der Waals surface area (Å²) in [5.74, 6) is -0.376. The van der Waals surface area contributed by atoms with Crippen molar-refractivity contribution in [1.29, 1.82) is 0 Å². The number of aromatic nitrogens is 1. The predicted molar refractivity (Wildman–Crippen MR) is 153 cm³/mol. The van der Waals surface area contributed by atoms with Crippen LogP contribution >= 0.6 is 11.3 Å². The largest absolute Gasteiger partial charge is 0.391 e. The Morgan fingerprint density at radius 3 is 2.44 bits per heavy atom. The number of amides is 3. The first kappa shape index (κ1) is 29.2. The zero-order chi connectivity index (χ0) is 28.2. The molecule has 1 unspecified atom stereocenters. The van der Waals surface area contributed by atoms with Crippen molar-refractivity contribution in [3.63, 3.8) is 0 Å². The zero-order valence-electron chi connectivity index (χ0n) is 23.5. The van der Waals surface area contributed by atoms with E-state index in [-0.39, 0.29) is 30.7 Å². The second kappa shape index (κ2) is 12.6. The van der Waals surface area contributed by atoms with Gasteiger partial charge >= 0.3 is 0 Å². The van der Waals surface area contributed by atoms with Crippen LogP contribution in [0.15, 0.2) is 29.8 Å². The van der Waals surface area contributed by atoms with Gasteiger partial charge in [-0.25, -0.2) is 4.98 Å². The summed E-state index contributed by atoms with van der Waals surface area (Å²) in [7, 11) is 0. The third kappa shape index (κ3) is 7.45. The highest BCUT2D eigenvalue weighted by molar-refractivity contribution is 7.13. The number of hydrogen-bond acceptors (Lipinski definition) is 6. The molecule has 2 fully saturated rings. The molecule has 3 atom stereocenters. The maximum atomic E-state index is 13.7. The number of hydrogen-bond donors (Lipinski definition) is 3. The Morgan fingerprint density at radius 1 is 1.13 bits per heavy atom. The molecule has 0 spiro atoms. The van der Waals surface area contributed by atoms with Crippen molar-refractivity contribution in [2.24, 2.45) is 11.3 Å². The van der Waals surface area contributed by atoms with E-state index in [0.717, 1.165) is 47.4 Å². The first-order valence-corrected chi connectivity index (χ1v) is 15.0. The van der Waals surface area contributed by atoms with Crippen molar-refractivity contribution in [3.8, 4) is 10.4 Å². The topological polar surface area (TPSA) is 112 Å². The standard InChI is InChI=1S/C30H42N4O4S/c1-19-26(39-18-32-19)22-12-10-21(11-13-22)16-31-28(37)24-15-23(35)17-34(24)29(38)27(30(2,3)4)33-25(36)14-20-8-6-5-7-9-20/h10-13,18,20,23-24,27,35H,5-9,14-17H2,1-4H3,(H,31,37)(H,33,36)/t23-,24+,27?/m1/s1. The minimum Gasteiger partial charge on any atom is -0.391 e. The van der Waals surface area contributed by atoms with Crippen LogP contribution in [0.4, 0.5) is 0 Å². The molecule has 39 heavy (non-hydrogen) atoms. The van der Waals surface area contributed by atoms with Gasteiger partial charge in [0.05, 0.1) is 22.2 Å². The second-order valence-electron chi connectivity index (χ2n) is 12.2. The molecule has 0 radical (unpaired) electrons. The molecular weight excluding hydrogens is 512 g/mol. The van der Waals surface area contributed by atoms with Crippen LogP contribution in [0, 0.1) is 18.3 Å². The van der Waals surface area contributed by atoms with E-state index in [2.05, 4.69) is 15.6 Å². The zero-order valence-corrected chi connectivity index (χ0v) is 24.4. The van der Waals surface area contributed by atoms with E-state index in [1.165, 1.54) is 11.3 Å². The number of rotatable bonds is 8. The third-order valence-electron chi connectivity index (χ3n) is 7.91. The molecule has 8 nitrogen and oxygen atoms in total. The number of thiazole rings is 1. The molecule has 3 N–H and O–H groups in total. The number of aliphatic hydroxyl groups is 1. The Balaban J connectivity index is 1.38. The van der Waals surface area contributed by atoms with Gasteiger partial charge in [-0.15, -0.1) is 11.3 Å². The number of β-amino-alcohol motifs (C(OH)–C–C–N with tert-alkyl or cyclic N) is 1. The molecule has 1 aliphatic heterocycles. The number of likely N-dealkylation sites (tertiary alicyclic amines) is 1. The number of carbonyl (C=O) groups is 3. The lowest BCUT2D eigenvalue weighted by Gasteiger charge is -2.35. The molecule has 1 aliphatic carbocycles. The Hall–Kier alpha value is -2.78. The van der Waals surface area contributed by atoms with Gasteiger partial charge in [-0.3, -0.25) is 14.4 Å². The summed E-state index contributed by atoms with van der Waals surface area (Å²) in [6, 6.07) is 6.41. The number of carbonyl (C=O) groups excluding carboxylic acids is 3. The molecule has 2 aliphatic rings. The molecule has 212 valence electrons. The van der Waals surface area contributed by atoms with Gasteiger partial charge in [-0.2, -0.15) is 0 Å². The first-order valence-electron chi connectivity index (χ1n) is 14.1. The highest BCUT2D eigenvalue weighted by Crippen LogP contribution is 2.29. The highest BCUT2D eigenvalue weighted by Gasteiger charge is 2.44. The fourth-order valence-corrected chi connectivity index (χ4v) is 6.47. The molecule has 2 heterocycles. The van der Waals surface area contributed by atoms with E-state index in [1.807, 2.05) is 57.5 Å². The molecule has 2 aromatic rings. The summed E-state index contributed by atoms with van der Waals surface area (Å²) >= 11 is 1.59. The van der Waals surface area contributed by atoms with E-state index in [9.17, 15) is 19.5 Å². The van der Waals surface area contributed by atoms with E-state index in [4.69, 9.17) is 0 Å². The molecule has 1 saturated carbocycles. The quantitative estimate of drug-likeness (QED) is 0.453. The SMILES string of the molecule is Cc1ncsc1-c1ccc(CNC(=O)[C@@H]2C[C@@H](O)CN2C(=O)C(NC(=O)CC2CCCCC2)C(C)(C)C)cc1. The van der Waals surface area contributed by atoms with Crippen molar-refractivity contribution in [1.82, 2.24) is 20.5 Å². The molecule has 9 heteroatoms. The van der Waals surface area contributed by atoms with Crippen LogP contribution in [-0.2, 0) is 20.9 Å². The number of aryl methyl sites for hydroxylation is 1. The van der Waals surface area contributed by atoms with Crippen LogP contribution in [0.25, 0.3) is 10.4 Å². The summed E-state index contributed by atoms with van der Waals surface area (Å²) in [6.45, 7) is 8.11. The van der Waals surface area contributed by atoms with Crippen LogP contribution in [0.3, 0.4) is 0 Å². The Bertz CT molecular complexity index is 1150. The Kier molecular flexibility index (Phi) is 9.43. The van der Waals surface area contributed by atoms with Gasteiger partial charge in [0, 0.05) is 25.9 Å². The maximum Gasteiger partial charge on any atom is 0.246 e. The second-order valence-corrected chi connectivity index (χ2v) is 13.0. The molecule has 4 rings (SSSR count). The van der Waals surface area contributed by atoms with Crippen molar-refractivity contribution in [3.05, 3.63) is 41.0 Å². The fraction of sp³-hybridized carbons (Fsp3) is 0.600. The summed E-state index contributed by atoms with van der Waals surface area (Å²) in [5.41, 5.74) is 4.29. The van der Waals surface area contributed by atoms with E-state index < -0.39 is 23.6 Å². The lowest BCUT2D eigenvalue weighted by molar-refractivity contribution is -0.144. The van der Waals surface area contributed by atoms with E-state index in [0.29, 0.717) is 18.9 Å². The maximum absolute atomic E-state index is 13.7. The van der Waals surface area contributed by atoms with Gasteiger partial charge in [0.2, 0.25) is 17.7 Å². The van der Waals surface area contributed by atoms with Gasteiger partial charge in [0.1, 0.15) is 12.1 Å². The van der Waals surface area contributed by atoms with Gasteiger partial charge in [0.15, 0.2) is 0 Å². The number of nitrogens with zero attached hydrogens (tertiary/aromatic N) is 2. The molecule has 1 aromatic heterocycles. The average molecular weight is 555 g/mol. The van der Waals surface area contributed by atoms with Gasteiger partial charge in [0.25, 0.3) is 0 Å². The lowest BCUT2D eigenvalue weighted by atomic mass is 9.84. The van der Waals surface area contributed by atoms with Crippen LogP contribution in [0.5, 0.6) is 0 Å². The van der Waals surface area contributed by atoms with Crippen LogP contribution in [0.2, 0.25) is 0 Å². The number of benzene rings is 1. The minimum absolute atomic E-state index is 0.0743. The number of aliphatic hydroxyl groups excluding tert-OH is 1. The molecule has 3 amide bonds. The monoisotopic (exact) mass is 554 g/mol. The van der Waals surface area contributed by atoms with E-state index >= 15 is 0 Å². The van der Waals surface area contributed by atoms with Gasteiger partial charge < -0.3 is 20.6 Å². The third-order valence-corrected chi connectivity index (χ3v) is 8.89. The van der Waals surface area contributed by atoms with E-state index in [1.54, 1.807) is 11.3 Å². The van der Waals surface area contributed by atoms with Crippen LogP contribution in [0.1, 0.15) is 77.0 Å². The molecular formula is C30H42N4O4S. The number of nitrogens with one attached hydrogen (secondary N) is 2. The minimum atomic E-state index is -0.787. The summed E-state index contributed by atoms with van der Waals surface area (Å²) in [4.78, 5) is 46.8. The van der Waals surface area contributed by atoms with Crippen LogP contribution < -0.4 is 10.6 Å². The smallest absolute Gasteiger partial charge is 0.246 e. The van der Waals surface area contributed by atoms with Gasteiger partial charge in [-0.1, -0.05) is 64.3 Å². The Labute approximate surface area is 235 Å². The Morgan fingerprint density at radius 2 is 1.82 bits per heavy atom.